The van der Waals surface area contributed by atoms with Crippen LogP contribution in [0, 0.1) is 13.8 Å². The van der Waals surface area contributed by atoms with Crippen LogP contribution in [0.25, 0.3) is 22.2 Å². The van der Waals surface area contributed by atoms with Crippen LogP contribution >= 0.6 is 11.3 Å². The summed E-state index contributed by atoms with van der Waals surface area (Å²) in [5, 5.41) is 6.90. The first-order valence-corrected chi connectivity index (χ1v) is 9.71. The zero-order chi connectivity index (χ0) is 19.7. The summed E-state index contributed by atoms with van der Waals surface area (Å²) in [5.74, 6) is 0.562. The molecule has 2 aromatic heterocycles. The SMILES string of the molecule is COc1ccc2cc(C(=O)Nc3ccc(-c4csc(C)n4)cc3)c(C)nc2c1. The third-order valence-electron chi connectivity index (χ3n) is 4.52. The van der Waals surface area contributed by atoms with Gasteiger partial charge in [-0.2, -0.15) is 0 Å². The second kappa shape index (κ2) is 7.40. The summed E-state index contributed by atoms with van der Waals surface area (Å²) in [6.07, 6.45) is 0. The Balaban J connectivity index is 1.57. The molecule has 0 bridgehead atoms. The number of aromatic nitrogens is 2. The Kier molecular flexibility index (Phi) is 4.79. The molecule has 0 spiro atoms. The first kappa shape index (κ1) is 18.1. The molecule has 6 heteroatoms. The molecule has 0 aliphatic carbocycles. The minimum absolute atomic E-state index is 0.181. The summed E-state index contributed by atoms with van der Waals surface area (Å²) in [6, 6.07) is 15.2. The predicted octanol–water partition coefficient (Wildman–Crippen LogP) is 5.24. The van der Waals surface area contributed by atoms with Gasteiger partial charge in [-0.3, -0.25) is 9.78 Å². The number of rotatable bonds is 4. The summed E-state index contributed by atoms with van der Waals surface area (Å²) in [7, 11) is 1.62. The summed E-state index contributed by atoms with van der Waals surface area (Å²) in [6.45, 7) is 3.82. The number of thiazole rings is 1. The van der Waals surface area contributed by atoms with E-state index in [0.717, 1.165) is 38.6 Å². The number of nitrogens with one attached hydrogen (secondary N) is 1. The molecule has 4 aromatic rings. The molecule has 1 N–H and O–H groups in total. The van der Waals surface area contributed by atoms with Gasteiger partial charge in [0.2, 0.25) is 0 Å². The van der Waals surface area contributed by atoms with E-state index in [1.54, 1.807) is 18.4 Å². The third kappa shape index (κ3) is 3.59. The minimum Gasteiger partial charge on any atom is -0.497 e. The zero-order valence-electron chi connectivity index (χ0n) is 15.8. The van der Waals surface area contributed by atoms with Crippen molar-refractivity contribution in [2.24, 2.45) is 0 Å². The fourth-order valence-corrected chi connectivity index (χ4v) is 3.64. The minimum atomic E-state index is -0.181. The summed E-state index contributed by atoms with van der Waals surface area (Å²) in [4.78, 5) is 21.8. The number of carbonyl (C=O) groups is 1. The smallest absolute Gasteiger partial charge is 0.257 e. The lowest BCUT2D eigenvalue weighted by Gasteiger charge is -2.10. The zero-order valence-corrected chi connectivity index (χ0v) is 16.6. The van der Waals surface area contributed by atoms with Gasteiger partial charge in [0.15, 0.2) is 0 Å². The highest BCUT2D eigenvalue weighted by atomic mass is 32.1. The van der Waals surface area contributed by atoms with Crippen LogP contribution in [0.1, 0.15) is 21.1 Å². The molecule has 2 aromatic carbocycles. The molecule has 0 atom stereocenters. The molecule has 0 fully saturated rings. The van der Waals surface area contributed by atoms with Crippen molar-refractivity contribution < 1.29 is 9.53 Å². The van der Waals surface area contributed by atoms with E-state index in [9.17, 15) is 4.79 Å². The van der Waals surface area contributed by atoms with E-state index in [1.807, 2.05) is 67.8 Å². The van der Waals surface area contributed by atoms with Gasteiger partial charge in [0.25, 0.3) is 5.91 Å². The Morgan fingerprint density at radius 3 is 2.50 bits per heavy atom. The van der Waals surface area contributed by atoms with Gasteiger partial charge in [-0.15, -0.1) is 11.3 Å². The molecule has 5 nitrogen and oxygen atoms in total. The topological polar surface area (TPSA) is 64.1 Å². The Morgan fingerprint density at radius 2 is 1.82 bits per heavy atom. The molecule has 4 rings (SSSR count). The fraction of sp³-hybridized carbons (Fsp3) is 0.136. The highest BCUT2D eigenvalue weighted by Crippen LogP contribution is 2.25. The largest absolute Gasteiger partial charge is 0.497 e. The predicted molar refractivity (Wildman–Crippen MR) is 113 cm³/mol. The third-order valence-corrected chi connectivity index (χ3v) is 5.29. The van der Waals surface area contributed by atoms with Crippen molar-refractivity contribution in [1.29, 1.82) is 0 Å². The van der Waals surface area contributed by atoms with Crippen LogP contribution in [-0.4, -0.2) is 23.0 Å². The van der Waals surface area contributed by atoms with Crippen molar-refractivity contribution in [2.75, 3.05) is 12.4 Å². The Bertz CT molecular complexity index is 1170. The Labute approximate surface area is 167 Å². The number of fused-ring (bicyclic) bond motifs is 1. The van der Waals surface area contributed by atoms with E-state index in [0.29, 0.717) is 11.3 Å². The average Bonchev–Trinajstić information content (AvgIpc) is 3.13. The lowest BCUT2D eigenvalue weighted by atomic mass is 10.1. The van der Waals surface area contributed by atoms with Gasteiger partial charge in [-0.05, 0) is 44.2 Å². The van der Waals surface area contributed by atoms with E-state index >= 15 is 0 Å². The van der Waals surface area contributed by atoms with Crippen molar-refractivity contribution in [3.63, 3.8) is 0 Å². The molecular formula is C22H19N3O2S. The molecule has 0 unspecified atom stereocenters. The molecule has 28 heavy (non-hydrogen) atoms. The number of carbonyl (C=O) groups excluding carboxylic acids is 1. The molecule has 0 aliphatic heterocycles. The van der Waals surface area contributed by atoms with Gasteiger partial charge in [-0.25, -0.2) is 4.98 Å². The number of hydrogen-bond acceptors (Lipinski definition) is 5. The van der Waals surface area contributed by atoms with Crippen LogP contribution in [0.15, 0.2) is 53.9 Å². The Hall–Kier alpha value is -3.25. The second-order valence-electron chi connectivity index (χ2n) is 6.46. The quantitative estimate of drug-likeness (QED) is 0.519. The first-order valence-electron chi connectivity index (χ1n) is 8.83. The van der Waals surface area contributed by atoms with Gasteiger partial charge in [-0.1, -0.05) is 12.1 Å². The molecule has 0 radical (unpaired) electrons. The van der Waals surface area contributed by atoms with Gasteiger partial charge in [0, 0.05) is 28.1 Å². The van der Waals surface area contributed by atoms with E-state index in [-0.39, 0.29) is 5.91 Å². The number of ether oxygens (including phenoxy) is 1. The van der Waals surface area contributed by atoms with Crippen LogP contribution < -0.4 is 10.1 Å². The van der Waals surface area contributed by atoms with Gasteiger partial charge >= 0.3 is 0 Å². The normalized spacial score (nSPS) is 10.8. The van der Waals surface area contributed by atoms with E-state index in [4.69, 9.17) is 4.74 Å². The van der Waals surface area contributed by atoms with Crippen molar-refractivity contribution in [2.45, 2.75) is 13.8 Å². The maximum Gasteiger partial charge on any atom is 0.257 e. The highest BCUT2D eigenvalue weighted by molar-refractivity contribution is 7.09. The standard InChI is InChI=1S/C22H19N3O2S/c1-13-19(10-16-6-9-18(27-3)11-20(16)23-13)22(26)25-17-7-4-15(5-8-17)21-12-28-14(2)24-21/h4-12H,1-3H3,(H,25,26). The molecule has 0 aliphatic rings. The van der Waals surface area contributed by atoms with Crippen molar-refractivity contribution in [1.82, 2.24) is 9.97 Å². The van der Waals surface area contributed by atoms with Crippen LogP contribution in [0.4, 0.5) is 5.69 Å². The van der Waals surface area contributed by atoms with Crippen molar-refractivity contribution >= 4 is 33.8 Å². The van der Waals surface area contributed by atoms with Gasteiger partial charge in [0.05, 0.1) is 34.6 Å². The maximum atomic E-state index is 12.8. The fourth-order valence-electron chi connectivity index (χ4n) is 3.02. The average molecular weight is 389 g/mol. The van der Waals surface area contributed by atoms with Crippen molar-refractivity contribution in [3.8, 4) is 17.0 Å². The molecule has 2 heterocycles. The van der Waals surface area contributed by atoms with E-state index in [2.05, 4.69) is 15.3 Å². The number of benzene rings is 2. The van der Waals surface area contributed by atoms with Crippen LogP contribution in [-0.2, 0) is 0 Å². The summed E-state index contributed by atoms with van der Waals surface area (Å²) < 4.78 is 5.24. The molecule has 1 amide bonds. The number of aryl methyl sites for hydroxylation is 2. The molecule has 140 valence electrons. The summed E-state index contributed by atoms with van der Waals surface area (Å²) >= 11 is 1.62. The molecular weight excluding hydrogens is 370 g/mol. The van der Waals surface area contributed by atoms with Crippen LogP contribution in [0.3, 0.4) is 0 Å². The van der Waals surface area contributed by atoms with Crippen LogP contribution in [0.2, 0.25) is 0 Å². The lowest BCUT2D eigenvalue weighted by molar-refractivity contribution is 0.102. The Morgan fingerprint density at radius 1 is 1.04 bits per heavy atom. The number of nitrogens with zero attached hydrogens (tertiary/aromatic N) is 2. The molecule has 0 saturated carbocycles. The number of anilines is 1. The highest BCUT2D eigenvalue weighted by Gasteiger charge is 2.13. The van der Waals surface area contributed by atoms with Crippen LogP contribution in [0.5, 0.6) is 5.75 Å². The lowest BCUT2D eigenvalue weighted by Crippen LogP contribution is -2.14. The summed E-state index contributed by atoms with van der Waals surface area (Å²) in [5.41, 5.74) is 4.74. The number of pyridine rings is 1. The van der Waals surface area contributed by atoms with Gasteiger partial charge < -0.3 is 10.1 Å². The number of amides is 1. The van der Waals surface area contributed by atoms with Crippen molar-refractivity contribution in [3.05, 3.63) is 70.2 Å². The maximum absolute atomic E-state index is 12.8. The number of hydrogen-bond donors (Lipinski definition) is 1. The van der Waals surface area contributed by atoms with E-state index in [1.165, 1.54) is 0 Å². The number of methoxy groups -OCH3 is 1. The van der Waals surface area contributed by atoms with E-state index < -0.39 is 0 Å². The molecule has 0 saturated heterocycles. The second-order valence-corrected chi connectivity index (χ2v) is 7.53. The first-order chi connectivity index (χ1) is 13.5. The van der Waals surface area contributed by atoms with Gasteiger partial charge in [0.1, 0.15) is 5.75 Å². The monoisotopic (exact) mass is 389 g/mol.